The number of carbonyl (C=O) groups excluding carboxylic acids is 1. The van der Waals surface area contributed by atoms with E-state index < -0.39 is 0 Å². The van der Waals surface area contributed by atoms with Gasteiger partial charge in [-0.05, 0) is 29.3 Å². The standard InChI is InChI=1S/C7H11BrO2/c1-3-5-6(8)7(9)10-4-2/h5H,3-4H2,1-2H3/b6-5+. The van der Waals surface area contributed by atoms with Crippen LogP contribution in [0.3, 0.4) is 0 Å². The van der Waals surface area contributed by atoms with Crippen molar-refractivity contribution in [2.75, 3.05) is 6.61 Å². The molecule has 0 aromatic carbocycles. The molecule has 0 saturated carbocycles. The highest BCUT2D eigenvalue weighted by Gasteiger charge is 2.03. The number of allylic oxidation sites excluding steroid dienone is 1. The highest BCUT2D eigenvalue weighted by atomic mass is 79.9. The largest absolute Gasteiger partial charge is 0.462 e. The summed E-state index contributed by atoms with van der Waals surface area (Å²) in [5, 5.41) is 0. The van der Waals surface area contributed by atoms with Gasteiger partial charge in [0.15, 0.2) is 0 Å². The Bertz CT molecular complexity index is 141. The minimum Gasteiger partial charge on any atom is -0.462 e. The summed E-state index contributed by atoms with van der Waals surface area (Å²) in [6, 6.07) is 0. The van der Waals surface area contributed by atoms with Crippen molar-refractivity contribution in [3.63, 3.8) is 0 Å². The van der Waals surface area contributed by atoms with E-state index in [1.165, 1.54) is 0 Å². The van der Waals surface area contributed by atoms with Crippen molar-refractivity contribution in [2.45, 2.75) is 20.3 Å². The van der Waals surface area contributed by atoms with Crippen LogP contribution in [0.5, 0.6) is 0 Å². The third-order valence-electron chi connectivity index (χ3n) is 0.854. The van der Waals surface area contributed by atoms with Crippen molar-refractivity contribution >= 4 is 21.9 Å². The molecule has 0 N–H and O–H groups in total. The Morgan fingerprint density at radius 3 is 2.60 bits per heavy atom. The molecule has 0 amide bonds. The van der Waals surface area contributed by atoms with Crippen molar-refractivity contribution in [3.05, 3.63) is 10.6 Å². The Morgan fingerprint density at radius 2 is 2.20 bits per heavy atom. The molecule has 0 heterocycles. The topological polar surface area (TPSA) is 26.3 Å². The molecule has 10 heavy (non-hydrogen) atoms. The van der Waals surface area contributed by atoms with Crippen LogP contribution in [0.4, 0.5) is 0 Å². The van der Waals surface area contributed by atoms with Crippen LogP contribution in [0.15, 0.2) is 10.6 Å². The zero-order valence-electron chi connectivity index (χ0n) is 6.19. The van der Waals surface area contributed by atoms with Gasteiger partial charge in [0.25, 0.3) is 0 Å². The second kappa shape index (κ2) is 5.47. The van der Waals surface area contributed by atoms with Gasteiger partial charge < -0.3 is 4.74 Å². The summed E-state index contributed by atoms with van der Waals surface area (Å²) in [7, 11) is 0. The maximum absolute atomic E-state index is 10.8. The average molecular weight is 207 g/mol. The molecule has 3 heteroatoms. The molecule has 0 rings (SSSR count). The highest BCUT2D eigenvalue weighted by molar-refractivity contribution is 9.12. The van der Waals surface area contributed by atoms with Gasteiger partial charge in [-0.15, -0.1) is 0 Å². The van der Waals surface area contributed by atoms with Gasteiger partial charge in [0, 0.05) is 0 Å². The molecule has 0 bridgehead atoms. The number of rotatable bonds is 3. The third kappa shape index (κ3) is 3.67. The molecule has 0 fully saturated rings. The minimum atomic E-state index is -0.288. The van der Waals surface area contributed by atoms with Gasteiger partial charge in [0.1, 0.15) is 0 Å². The van der Waals surface area contributed by atoms with E-state index >= 15 is 0 Å². The van der Waals surface area contributed by atoms with Crippen molar-refractivity contribution in [1.82, 2.24) is 0 Å². The fraction of sp³-hybridized carbons (Fsp3) is 0.571. The van der Waals surface area contributed by atoms with E-state index in [2.05, 4.69) is 15.9 Å². The highest BCUT2D eigenvalue weighted by Crippen LogP contribution is 2.07. The van der Waals surface area contributed by atoms with Gasteiger partial charge in [-0.1, -0.05) is 13.0 Å². The minimum absolute atomic E-state index is 0.288. The first-order chi connectivity index (χ1) is 4.72. The monoisotopic (exact) mass is 206 g/mol. The third-order valence-corrected chi connectivity index (χ3v) is 1.50. The molecule has 0 radical (unpaired) electrons. The van der Waals surface area contributed by atoms with Crippen molar-refractivity contribution in [1.29, 1.82) is 0 Å². The van der Waals surface area contributed by atoms with Crippen molar-refractivity contribution in [2.24, 2.45) is 0 Å². The Kier molecular flexibility index (Phi) is 5.30. The lowest BCUT2D eigenvalue weighted by molar-refractivity contribution is -0.137. The summed E-state index contributed by atoms with van der Waals surface area (Å²) in [6.07, 6.45) is 2.61. The van der Waals surface area contributed by atoms with Gasteiger partial charge in [0.05, 0.1) is 11.1 Å². The smallest absolute Gasteiger partial charge is 0.344 e. The first-order valence-electron chi connectivity index (χ1n) is 3.25. The molecule has 0 aliphatic heterocycles. The van der Waals surface area contributed by atoms with E-state index in [0.29, 0.717) is 11.1 Å². The molecule has 58 valence electrons. The second-order valence-corrected chi connectivity index (χ2v) is 2.54. The molecule has 0 saturated heterocycles. The molecular formula is C7H11BrO2. The Morgan fingerprint density at radius 1 is 1.60 bits per heavy atom. The SMILES string of the molecule is CC/C=C(/Br)C(=O)OCC. The first-order valence-corrected chi connectivity index (χ1v) is 4.04. The Hall–Kier alpha value is -0.310. The van der Waals surface area contributed by atoms with E-state index in [1.54, 1.807) is 13.0 Å². The average Bonchev–Trinajstić information content (AvgIpc) is 1.89. The van der Waals surface area contributed by atoms with Crippen LogP contribution in [0.2, 0.25) is 0 Å². The molecule has 0 spiro atoms. The van der Waals surface area contributed by atoms with Crippen LogP contribution in [-0.4, -0.2) is 12.6 Å². The van der Waals surface area contributed by atoms with Gasteiger partial charge in [-0.2, -0.15) is 0 Å². The molecule has 0 aliphatic rings. The van der Waals surface area contributed by atoms with E-state index in [0.717, 1.165) is 6.42 Å². The fourth-order valence-electron chi connectivity index (χ4n) is 0.463. The van der Waals surface area contributed by atoms with Gasteiger partial charge in [0.2, 0.25) is 0 Å². The lowest BCUT2D eigenvalue weighted by Gasteiger charge is -1.97. The van der Waals surface area contributed by atoms with E-state index in [1.807, 2.05) is 6.92 Å². The van der Waals surface area contributed by atoms with E-state index in [4.69, 9.17) is 4.74 Å². The molecule has 0 atom stereocenters. The Labute approximate surface area is 69.4 Å². The predicted octanol–water partition coefficient (Wildman–Crippen LogP) is 2.24. The number of hydrogen-bond donors (Lipinski definition) is 0. The lowest BCUT2D eigenvalue weighted by atomic mass is 10.4. The summed E-state index contributed by atoms with van der Waals surface area (Å²) in [4.78, 5) is 10.8. The van der Waals surface area contributed by atoms with Crippen molar-refractivity contribution < 1.29 is 9.53 Å². The van der Waals surface area contributed by atoms with Crippen LogP contribution in [0.1, 0.15) is 20.3 Å². The first kappa shape index (κ1) is 9.69. The summed E-state index contributed by atoms with van der Waals surface area (Å²) in [6.45, 7) is 4.16. The second-order valence-electron chi connectivity index (χ2n) is 1.68. The molecule has 2 nitrogen and oxygen atoms in total. The van der Waals surface area contributed by atoms with E-state index in [9.17, 15) is 4.79 Å². The molecule has 0 aliphatic carbocycles. The van der Waals surface area contributed by atoms with Gasteiger partial charge >= 0.3 is 5.97 Å². The molecule has 0 unspecified atom stereocenters. The van der Waals surface area contributed by atoms with Crippen LogP contribution < -0.4 is 0 Å². The summed E-state index contributed by atoms with van der Waals surface area (Å²) >= 11 is 3.09. The maximum Gasteiger partial charge on any atom is 0.344 e. The molecule has 0 aromatic heterocycles. The van der Waals surface area contributed by atoms with Crippen LogP contribution in [0, 0.1) is 0 Å². The van der Waals surface area contributed by atoms with Crippen LogP contribution in [-0.2, 0) is 9.53 Å². The number of hydrogen-bond acceptors (Lipinski definition) is 2. The van der Waals surface area contributed by atoms with Gasteiger partial charge in [-0.25, -0.2) is 4.79 Å². The fourth-order valence-corrected chi connectivity index (χ4v) is 0.901. The lowest BCUT2D eigenvalue weighted by Crippen LogP contribution is -2.02. The summed E-state index contributed by atoms with van der Waals surface area (Å²) in [5.74, 6) is -0.288. The normalized spacial score (nSPS) is 11.3. The van der Waals surface area contributed by atoms with Gasteiger partial charge in [-0.3, -0.25) is 0 Å². The summed E-state index contributed by atoms with van der Waals surface area (Å²) < 4.78 is 5.21. The number of carbonyl (C=O) groups is 1. The molecule has 0 aromatic rings. The van der Waals surface area contributed by atoms with Crippen LogP contribution in [0.25, 0.3) is 0 Å². The number of ether oxygens (including phenoxy) is 1. The number of halogens is 1. The Balaban J connectivity index is 3.82. The number of esters is 1. The maximum atomic E-state index is 10.8. The molecular weight excluding hydrogens is 196 g/mol. The zero-order valence-corrected chi connectivity index (χ0v) is 7.77. The quantitative estimate of drug-likeness (QED) is 0.524. The van der Waals surface area contributed by atoms with Crippen LogP contribution >= 0.6 is 15.9 Å². The summed E-state index contributed by atoms with van der Waals surface area (Å²) in [5.41, 5.74) is 0. The zero-order chi connectivity index (χ0) is 7.98. The van der Waals surface area contributed by atoms with Crippen molar-refractivity contribution in [3.8, 4) is 0 Å². The van der Waals surface area contributed by atoms with E-state index in [-0.39, 0.29) is 5.97 Å². The predicted molar refractivity (Wildman–Crippen MR) is 43.9 cm³/mol.